The highest BCUT2D eigenvalue weighted by Crippen LogP contribution is 2.44. The molecule has 9 nitrogen and oxygen atoms in total. The van der Waals surface area contributed by atoms with Gasteiger partial charge in [0.1, 0.15) is 5.82 Å². The molecule has 4 aromatic rings. The number of pyridine rings is 3. The van der Waals surface area contributed by atoms with Crippen molar-refractivity contribution in [1.29, 1.82) is 0 Å². The molecule has 4 aromatic heterocycles. The maximum atomic E-state index is 14.2. The minimum Gasteiger partial charge on any atom is -0.349 e. The summed E-state index contributed by atoms with van der Waals surface area (Å²) in [5, 5.41) is 1.12. The van der Waals surface area contributed by atoms with Crippen LogP contribution in [-0.4, -0.2) is 60.5 Å². The van der Waals surface area contributed by atoms with Gasteiger partial charge in [-0.1, -0.05) is 32.0 Å². The number of halogens is 1. The number of aromatic nitrogens is 5. The predicted octanol–water partition coefficient (Wildman–Crippen LogP) is 5.81. The van der Waals surface area contributed by atoms with Crippen LogP contribution in [0.1, 0.15) is 69.3 Å². The highest BCUT2D eigenvalue weighted by atomic mass is 35.5. The molecule has 2 atom stereocenters. The molecule has 5 heterocycles. The Bertz CT molecular complexity index is 1810. The molecule has 0 bridgehead atoms. The van der Waals surface area contributed by atoms with E-state index in [0.717, 1.165) is 35.4 Å². The number of piperazine rings is 1. The van der Waals surface area contributed by atoms with Crippen molar-refractivity contribution in [2.24, 2.45) is 0 Å². The number of anilines is 1. The number of hydrogen-bond donors (Lipinski definition) is 0. The molecule has 1 aliphatic carbocycles. The van der Waals surface area contributed by atoms with Crippen molar-refractivity contribution in [2.45, 2.75) is 71.4 Å². The van der Waals surface area contributed by atoms with Crippen molar-refractivity contribution in [3.63, 3.8) is 0 Å². The number of carbonyl (C=O) groups excluding carboxylic acids is 1. The lowest BCUT2D eigenvalue weighted by Gasteiger charge is -2.44. The molecule has 1 amide bonds. The summed E-state index contributed by atoms with van der Waals surface area (Å²) in [6.07, 6.45) is 7.07. The van der Waals surface area contributed by atoms with Crippen LogP contribution in [0.2, 0.25) is 5.02 Å². The highest BCUT2D eigenvalue weighted by molar-refractivity contribution is 6.34. The van der Waals surface area contributed by atoms with Crippen molar-refractivity contribution in [3.05, 3.63) is 81.8 Å². The fourth-order valence-electron chi connectivity index (χ4n) is 6.15. The zero-order valence-corrected chi connectivity index (χ0v) is 26.0. The van der Waals surface area contributed by atoms with Crippen LogP contribution in [0.25, 0.3) is 28.0 Å². The van der Waals surface area contributed by atoms with Crippen molar-refractivity contribution in [1.82, 2.24) is 29.4 Å². The van der Waals surface area contributed by atoms with Gasteiger partial charge in [0, 0.05) is 49.0 Å². The quantitative estimate of drug-likeness (QED) is 0.259. The molecule has 0 radical (unpaired) electrons. The molecule has 222 valence electrons. The normalized spacial score (nSPS) is 18.9. The van der Waals surface area contributed by atoms with Gasteiger partial charge in [-0.15, -0.1) is 0 Å². The Labute approximate surface area is 256 Å². The number of fused-ring (bicyclic) bond motifs is 1. The van der Waals surface area contributed by atoms with Gasteiger partial charge >= 0.3 is 5.69 Å². The summed E-state index contributed by atoms with van der Waals surface area (Å²) in [4.78, 5) is 49.8. The van der Waals surface area contributed by atoms with Crippen LogP contribution in [0.3, 0.4) is 0 Å². The van der Waals surface area contributed by atoms with Crippen molar-refractivity contribution in [2.75, 3.05) is 18.0 Å². The van der Waals surface area contributed by atoms with Gasteiger partial charge in [-0.2, -0.15) is 4.98 Å². The summed E-state index contributed by atoms with van der Waals surface area (Å²) >= 11 is 7.05. The van der Waals surface area contributed by atoms with E-state index in [4.69, 9.17) is 16.6 Å². The third-order valence-electron chi connectivity index (χ3n) is 8.50. The van der Waals surface area contributed by atoms with E-state index in [-0.39, 0.29) is 23.9 Å². The smallest absolute Gasteiger partial charge is 0.349 e. The maximum Gasteiger partial charge on any atom is 0.355 e. The van der Waals surface area contributed by atoms with Gasteiger partial charge in [0.15, 0.2) is 5.65 Å². The molecule has 6 rings (SSSR count). The Morgan fingerprint density at radius 3 is 2.56 bits per heavy atom. The third-order valence-corrected chi connectivity index (χ3v) is 8.79. The van der Waals surface area contributed by atoms with Gasteiger partial charge in [0.2, 0.25) is 5.91 Å². The standard InChI is InChI=1S/C33H36ClN7O2/c1-7-26(42)39-16-21(6)40(17-20(39)5)31-24-15-25(34)29(23-9-8-13-35-28(23)22-10-11-22)37-32(24)41(33(43)38-31)30-19(4)12-14-36-27(30)18(2)3/h7-9,12-15,18,20-22H,1,10-11,16-17H2,2-6H3. The Kier molecular flexibility index (Phi) is 7.54. The van der Waals surface area contributed by atoms with E-state index >= 15 is 0 Å². The molecule has 2 aliphatic rings. The molecule has 0 N–H and O–H groups in total. The highest BCUT2D eigenvalue weighted by Gasteiger charge is 2.34. The minimum absolute atomic E-state index is 0.0550. The lowest BCUT2D eigenvalue weighted by atomic mass is 10.0. The van der Waals surface area contributed by atoms with Gasteiger partial charge < -0.3 is 9.80 Å². The van der Waals surface area contributed by atoms with Crippen molar-refractivity contribution >= 4 is 34.4 Å². The van der Waals surface area contributed by atoms with Crippen LogP contribution in [0.15, 0.2) is 54.1 Å². The summed E-state index contributed by atoms with van der Waals surface area (Å²) in [5.74, 6) is 0.825. The zero-order valence-electron chi connectivity index (χ0n) is 25.2. The first kappa shape index (κ1) is 29.0. The lowest BCUT2D eigenvalue weighted by molar-refractivity contribution is -0.128. The predicted molar refractivity (Wildman–Crippen MR) is 170 cm³/mol. The molecule has 0 aromatic carbocycles. The molecule has 10 heteroatoms. The molecule has 0 spiro atoms. The minimum atomic E-state index is -0.445. The van der Waals surface area contributed by atoms with E-state index in [0.29, 0.717) is 52.3 Å². The SMILES string of the molecule is C=CC(=O)N1CC(C)N(c2nc(=O)n(-c3c(C)ccnc3C(C)C)c3nc(-c4cccnc4C4CC4)c(Cl)cc23)CC1C. The van der Waals surface area contributed by atoms with Gasteiger partial charge in [-0.25, -0.2) is 14.3 Å². The average molecular weight is 598 g/mol. The van der Waals surface area contributed by atoms with Crippen molar-refractivity contribution < 1.29 is 4.79 Å². The molecule has 1 aliphatic heterocycles. The van der Waals surface area contributed by atoms with Crippen LogP contribution in [0.5, 0.6) is 0 Å². The molecular formula is C33H36ClN7O2. The molecule has 1 saturated carbocycles. The van der Waals surface area contributed by atoms with Gasteiger partial charge in [-0.05, 0) is 75.4 Å². The number of carbonyl (C=O) groups is 1. The van der Waals surface area contributed by atoms with Gasteiger partial charge in [-0.3, -0.25) is 14.8 Å². The first-order valence-electron chi connectivity index (χ1n) is 14.8. The van der Waals surface area contributed by atoms with E-state index in [9.17, 15) is 9.59 Å². The van der Waals surface area contributed by atoms with Crippen LogP contribution in [0, 0.1) is 6.92 Å². The molecular weight excluding hydrogens is 562 g/mol. The molecule has 2 fully saturated rings. The second-order valence-corrected chi connectivity index (χ2v) is 12.4. The van der Waals surface area contributed by atoms with Gasteiger partial charge in [0.05, 0.1) is 33.2 Å². The van der Waals surface area contributed by atoms with E-state index < -0.39 is 5.69 Å². The fourth-order valence-corrected chi connectivity index (χ4v) is 6.40. The number of nitrogens with zero attached hydrogens (tertiary/aromatic N) is 7. The summed E-state index contributed by atoms with van der Waals surface area (Å²) in [6, 6.07) is 7.43. The third kappa shape index (κ3) is 5.09. The van der Waals surface area contributed by atoms with E-state index in [1.54, 1.807) is 21.9 Å². The second kappa shape index (κ2) is 11.2. The summed E-state index contributed by atoms with van der Waals surface area (Å²) in [7, 11) is 0. The monoisotopic (exact) mass is 597 g/mol. The summed E-state index contributed by atoms with van der Waals surface area (Å²) in [6.45, 7) is 14.7. The summed E-state index contributed by atoms with van der Waals surface area (Å²) in [5.41, 5.74) is 4.82. The number of hydrogen-bond acceptors (Lipinski definition) is 7. The van der Waals surface area contributed by atoms with Crippen LogP contribution in [-0.2, 0) is 4.79 Å². The topological polar surface area (TPSA) is 97.1 Å². The van der Waals surface area contributed by atoms with Crippen LogP contribution in [0.4, 0.5) is 5.82 Å². The lowest BCUT2D eigenvalue weighted by Crippen LogP contribution is -2.58. The number of amides is 1. The first-order valence-corrected chi connectivity index (χ1v) is 15.2. The Balaban J connectivity index is 1.63. The molecule has 43 heavy (non-hydrogen) atoms. The zero-order chi connectivity index (χ0) is 30.6. The van der Waals surface area contributed by atoms with Crippen LogP contribution < -0.4 is 10.6 Å². The van der Waals surface area contributed by atoms with Crippen molar-refractivity contribution in [3.8, 4) is 16.9 Å². The summed E-state index contributed by atoms with van der Waals surface area (Å²) < 4.78 is 1.59. The molecule has 2 unspecified atom stereocenters. The second-order valence-electron chi connectivity index (χ2n) is 12.0. The largest absolute Gasteiger partial charge is 0.355 e. The number of aryl methyl sites for hydroxylation is 1. The first-order chi connectivity index (χ1) is 20.6. The Morgan fingerprint density at radius 1 is 1.09 bits per heavy atom. The van der Waals surface area contributed by atoms with E-state index in [2.05, 4.69) is 40.3 Å². The number of rotatable bonds is 6. The average Bonchev–Trinajstić information content (AvgIpc) is 3.83. The molecule has 1 saturated heterocycles. The Morgan fingerprint density at radius 2 is 1.86 bits per heavy atom. The van der Waals surface area contributed by atoms with E-state index in [1.165, 1.54) is 6.08 Å². The van der Waals surface area contributed by atoms with E-state index in [1.807, 2.05) is 45.0 Å². The van der Waals surface area contributed by atoms with Crippen LogP contribution >= 0.6 is 11.6 Å². The maximum absolute atomic E-state index is 14.2. The fraction of sp³-hybridized carbons (Fsp3) is 0.394. The Hall–Kier alpha value is -4.11. The van der Waals surface area contributed by atoms with Gasteiger partial charge in [0.25, 0.3) is 0 Å².